The highest BCUT2D eigenvalue weighted by Crippen LogP contribution is 2.28. The number of anilines is 1. The predicted molar refractivity (Wildman–Crippen MR) is 79.1 cm³/mol. The Hall–Kier alpha value is -1.20. The predicted octanol–water partition coefficient (Wildman–Crippen LogP) is 4.30. The zero-order chi connectivity index (χ0) is 14.0. The summed E-state index contributed by atoms with van der Waals surface area (Å²) in [6.07, 6.45) is 0.744. The first-order valence-corrected chi connectivity index (χ1v) is 6.93. The molecule has 0 radical (unpaired) electrons. The molecule has 1 N–H and O–H groups in total. The van der Waals surface area contributed by atoms with Gasteiger partial charge in [0.05, 0.1) is 10.2 Å². The maximum Gasteiger partial charge on any atom is 0.161 e. The van der Waals surface area contributed by atoms with Gasteiger partial charge in [0.2, 0.25) is 0 Å². The van der Waals surface area contributed by atoms with Gasteiger partial charge in [0.25, 0.3) is 0 Å². The van der Waals surface area contributed by atoms with E-state index in [-0.39, 0.29) is 0 Å². The van der Waals surface area contributed by atoms with Gasteiger partial charge in [0.1, 0.15) is 11.6 Å². The van der Waals surface area contributed by atoms with E-state index in [2.05, 4.69) is 31.2 Å². The Morgan fingerprint density at radius 2 is 2.05 bits per heavy atom. The fraction of sp³-hybridized carbons (Fsp3) is 0.231. The van der Waals surface area contributed by atoms with Gasteiger partial charge in [-0.3, -0.25) is 0 Å². The van der Waals surface area contributed by atoms with Crippen molar-refractivity contribution in [3.63, 3.8) is 0 Å². The van der Waals surface area contributed by atoms with E-state index < -0.39 is 5.82 Å². The normalized spacial score (nSPS) is 10.6. The molecule has 0 bridgehead atoms. The molecule has 3 nitrogen and oxygen atoms in total. The van der Waals surface area contributed by atoms with Crippen molar-refractivity contribution in [2.75, 3.05) is 12.4 Å². The molecule has 0 saturated carbocycles. The van der Waals surface area contributed by atoms with Gasteiger partial charge in [-0.05, 0) is 40.5 Å². The van der Waals surface area contributed by atoms with Crippen molar-refractivity contribution in [3.8, 4) is 11.4 Å². The van der Waals surface area contributed by atoms with E-state index in [1.165, 1.54) is 12.1 Å². The molecule has 0 fully saturated rings. The molecular weight excluding hydrogens is 333 g/mol. The molecule has 2 aromatic rings. The van der Waals surface area contributed by atoms with Crippen molar-refractivity contribution in [3.05, 3.63) is 39.2 Å². The zero-order valence-electron chi connectivity index (χ0n) is 10.5. The molecule has 1 aromatic carbocycles. The van der Waals surface area contributed by atoms with Gasteiger partial charge >= 0.3 is 0 Å². The van der Waals surface area contributed by atoms with Crippen LogP contribution in [0.25, 0.3) is 11.4 Å². The van der Waals surface area contributed by atoms with E-state index in [1.807, 2.05) is 6.92 Å². The van der Waals surface area contributed by atoms with Crippen LogP contribution in [0.4, 0.5) is 10.2 Å². The second-order valence-corrected chi connectivity index (χ2v) is 5.15. The van der Waals surface area contributed by atoms with Crippen LogP contribution in [0.2, 0.25) is 5.02 Å². The first-order valence-electron chi connectivity index (χ1n) is 5.75. The lowest BCUT2D eigenvalue weighted by Crippen LogP contribution is -2.02. The van der Waals surface area contributed by atoms with Crippen molar-refractivity contribution in [2.45, 2.75) is 13.3 Å². The van der Waals surface area contributed by atoms with Crippen molar-refractivity contribution < 1.29 is 4.39 Å². The van der Waals surface area contributed by atoms with Gasteiger partial charge in [-0.1, -0.05) is 18.5 Å². The summed E-state index contributed by atoms with van der Waals surface area (Å²) in [5, 5.41) is 3.31. The molecule has 100 valence electrons. The van der Waals surface area contributed by atoms with E-state index in [0.29, 0.717) is 22.2 Å². The summed E-state index contributed by atoms with van der Waals surface area (Å²) in [7, 11) is 1.77. The molecule has 6 heteroatoms. The average Bonchev–Trinajstić information content (AvgIpc) is 2.37. The van der Waals surface area contributed by atoms with Gasteiger partial charge in [-0.25, -0.2) is 14.4 Å². The highest BCUT2D eigenvalue weighted by Gasteiger charge is 2.12. The molecule has 0 atom stereocenters. The number of hydrogen-bond donors (Lipinski definition) is 1. The number of nitrogens with zero attached hydrogens (tertiary/aromatic N) is 2. The van der Waals surface area contributed by atoms with Crippen LogP contribution in [0.15, 0.2) is 22.7 Å². The smallest absolute Gasteiger partial charge is 0.161 e. The quantitative estimate of drug-likeness (QED) is 0.902. The number of benzene rings is 1. The van der Waals surface area contributed by atoms with Crippen LogP contribution in [0.3, 0.4) is 0 Å². The summed E-state index contributed by atoms with van der Waals surface area (Å²) in [6, 6.07) is 4.27. The monoisotopic (exact) mass is 343 g/mol. The summed E-state index contributed by atoms with van der Waals surface area (Å²) < 4.78 is 14.2. The standard InChI is InChI=1S/C13H12BrClFN3/c1-3-10-11(14)13(17-2)19-12(18-10)7-4-8(15)6-9(16)5-7/h4-6H,3H2,1-2H3,(H,17,18,19). The van der Waals surface area contributed by atoms with E-state index >= 15 is 0 Å². The van der Waals surface area contributed by atoms with Crippen LogP contribution >= 0.6 is 27.5 Å². The van der Waals surface area contributed by atoms with E-state index in [1.54, 1.807) is 13.1 Å². The van der Waals surface area contributed by atoms with Gasteiger partial charge in [-0.2, -0.15) is 0 Å². The third-order valence-corrected chi connectivity index (χ3v) is 3.66. The van der Waals surface area contributed by atoms with Crippen LogP contribution in [-0.2, 0) is 6.42 Å². The van der Waals surface area contributed by atoms with Crippen LogP contribution < -0.4 is 5.32 Å². The summed E-state index contributed by atoms with van der Waals surface area (Å²) in [6.45, 7) is 1.99. The lowest BCUT2D eigenvalue weighted by Gasteiger charge is -2.10. The SMILES string of the molecule is CCc1nc(-c2cc(F)cc(Cl)c2)nc(NC)c1Br. The summed E-state index contributed by atoms with van der Waals surface area (Å²) in [4.78, 5) is 8.79. The third kappa shape index (κ3) is 3.04. The van der Waals surface area contributed by atoms with Gasteiger partial charge in [0.15, 0.2) is 5.82 Å². The van der Waals surface area contributed by atoms with E-state index in [4.69, 9.17) is 11.6 Å². The topological polar surface area (TPSA) is 37.8 Å². The molecular formula is C13H12BrClFN3. The van der Waals surface area contributed by atoms with Gasteiger partial charge in [0, 0.05) is 17.6 Å². The molecule has 1 heterocycles. The summed E-state index contributed by atoms with van der Waals surface area (Å²) >= 11 is 9.31. The first-order chi connectivity index (χ1) is 9.05. The molecule has 2 rings (SSSR count). The number of rotatable bonds is 3. The lowest BCUT2D eigenvalue weighted by molar-refractivity contribution is 0.628. The number of aromatic nitrogens is 2. The Morgan fingerprint density at radius 1 is 1.32 bits per heavy atom. The van der Waals surface area contributed by atoms with Crippen molar-refractivity contribution in [1.82, 2.24) is 9.97 Å². The fourth-order valence-electron chi connectivity index (χ4n) is 1.71. The third-order valence-electron chi connectivity index (χ3n) is 2.61. The lowest BCUT2D eigenvalue weighted by atomic mass is 10.2. The maximum atomic E-state index is 13.4. The summed E-state index contributed by atoms with van der Waals surface area (Å²) in [5.74, 6) is 0.714. The highest BCUT2D eigenvalue weighted by molar-refractivity contribution is 9.10. The fourth-order valence-corrected chi connectivity index (χ4v) is 2.58. The molecule has 0 amide bonds. The molecule has 19 heavy (non-hydrogen) atoms. The van der Waals surface area contributed by atoms with Gasteiger partial charge < -0.3 is 5.32 Å². The largest absolute Gasteiger partial charge is 0.372 e. The van der Waals surface area contributed by atoms with Crippen molar-refractivity contribution in [1.29, 1.82) is 0 Å². The highest BCUT2D eigenvalue weighted by atomic mass is 79.9. The zero-order valence-corrected chi connectivity index (χ0v) is 12.8. The van der Waals surface area contributed by atoms with E-state index in [0.717, 1.165) is 16.6 Å². The molecule has 0 unspecified atom stereocenters. The minimum atomic E-state index is -0.405. The Kier molecular flexibility index (Phi) is 4.37. The number of nitrogens with one attached hydrogen (secondary N) is 1. The Balaban J connectivity index is 2.61. The molecule has 0 aliphatic rings. The van der Waals surface area contributed by atoms with Crippen LogP contribution in [0, 0.1) is 5.82 Å². The van der Waals surface area contributed by atoms with Crippen LogP contribution in [0.1, 0.15) is 12.6 Å². The maximum absolute atomic E-state index is 13.4. The van der Waals surface area contributed by atoms with Crippen LogP contribution in [0.5, 0.6) is 0 Å². The first kappa shape index (κ1) is 14.2. The number of halogens is 3. The van der Waals surface area contributed by atoms with E-state index in [9.17, 15) is 4.39 Å². The van der Waals surface area contributed by atoms with Crippen molar-refractivity contribution in [2.24, 2.45) is 0 Å². The number of aryl methyl sites for hydroxylation is 1. The second kappa shape index (κ2) is 5.84. The van der Waals surface area contributed by atoms with Gasteiger partial charge in [-0.15, -0.1) is 0 Å². The number of hydrogen-bond acceptors (Lipinski definition) is 3. The molecule has 0 spiro atoms. The molecule has 0 saturated heterocycles. The summed E-state index contributed by atoms with van der Waals surface area (Å²) in [5.41, 5.74) is 1.42. The Morgan fingerprint density at radius 3 is 2.63 bits per heavy atom. The minimum Gasteiger partial charge on any atom is -0.372 e. The molecule has 0 aliphatic heterocycles. The minimum absolute atomic E-state index is 0.325. The van der Waals surface area contributed by atoms with Crippen molar-refractivity contribution >= 4 is 33.3 Å². The molecule has 1 aromatic heterocycles. The Labute approximate surface area is 124 Å². The second-order valence-electron chi connectivity index (χ2n) is 3.92. The average molecular weight is 345 g/mol. The van der Waals surface area contributed by atoms with Crippen LogP contribution in [-0.4, -0.2) is 17.0 Å². The molecule has 0 aliphatic carbocycles. The Bertz CT molecular complexity index is 574.